The number of hydrogen-bond acceptors (Lipinski definition) is 5. The molecular weight excluding hydrogens is 250 g/mol. The molecule has 0 amide bonds. The molecule has 18 heavy (non-hydrogen) atoms. The quantitative estimate of drug-likeness (QED) is 0.627. The van der Waals surface area contributed by atoms with Crippen LogP contribution in [0.4, 0.5) is 0 Å². The van der Waals surface area contributed by atoms with E-state index in [0.29, 0.717) is 13.2 Å². The Bertz CT molecular complexity index is 534. The van der Waals surface area contributed by atoms with Crippen LogP contribution in [-0.2, 0) is 11.3 Å². The number of nitrogens with zero attached hydrogens (tertiary/aromatic N) is 3. The van der Waals surface area contributed by atoms with Gasteiger partial charge in [0.05, 0.1) is 12.3 Å². The van der Waals surface area contributed by atoms with Gasteiger partial charge < -0.3 is 10.5 Å². The molecule has 0 aromatic carbocycles. The maximum Gasteiger partial charge on any atom is 0.193 e. The van der Waals surface area contributed by atoms with Crippen LogP contribution >= 0.6 is 11.3 Å². The minimum atomic E-state index is -0.275. The molecule has 0 spiro atoms. The molecule has 1 fully saturated rings. The topological polar surface area (TPSA) is 79.6 Å². The Labute approximate surface area is 108 Å². The molecule has 96 valence electrons. The predicted molar refractivity (Wildman–Crippen MR) is 70.0 cm³/mol. The van der Waals surface area contributed by atoms with Crippen molar-refractivity contribution in [3.8, 4) is 0 Å². The Balaban J connectivity index is 1.68. The molecule has 1 saturated heterocycles. The van der Waals surface area contributed by atoms with Crippen LogP contribution in [0.3, 0.4) is 0 Å². The summed E-state index contributed by atoms with van der Waals surface area (Å²) >= 11 is 1.63. The molecule has 3 rings (SSSR count). The maximum absolute atomic E-state index is 7.43. The monoisotopic (exact) mass is 265 g/mol. The smallest absolute Gasteiger partial charge is 0.193 e. The lowest BCUT2D eigenvalue weighted by atomic mass is 10.2. The van der Waals surface area contributed by atoms with Gasteiger partial charge in [0.2, 0.25) is 0 Å². The maximum atomic E-state index is 7.43. The summed E-state index contributed by atoms with van der Waals surface area (Å²) in [5, 5.41) is 9.45. The number of nitrogens with two attached hydrogens (primary N) is 1. The van der Waals surface area contributed by atoms with E-state index in [-0.39, 0.29) is 11.9 Å². The fourth-order valence-corrected chi connectivity index (χ4v) is 2.83. The van der Waals surface area contributed by atoms with Gasteiger partial charge in [-0.3, -0.25) is 14.7 Å². The lowest BCUT2D eigenvalue weighted by Crippen LogP contribution is -2.47. The third-order valence-electron chi connectivity index (χ3n) is 3.03. The molecule has 1 atom stereocenters. The van der Waals surface area contributed by atoms with Gasteiger partial charge in [0.1, 0.15) is 11.9 Å². The average molecular weight is 265 g/mol. The van der Waals surface area contributed by atoms with E-state index < -0.39 is 0 Å². The number of imidazole rings is 1. The standard InChI is InChI=1S/C11H15N5OS/c12-10(13)9-7-15(1-3-17-9)5-8-6-16-2-4-18-11(16)14-8/h2,4,6,9H,1,3,5,7H2,(H3,12,13). The molecule has 2 aromatic heterocycles. The van der Waals surface area contributed by atoms with Gasteiger partial charge in [0.15, 0.2) is 4.96 Å². The van der Waals surface area contributed by atoms with Crippen molar-refractivity contribution in [3.05, 3.63) is 23.5 Å². The Hall–Kier alpha value is -1.44. The van der Waals surface area contributed by atoms with Crippen molar-refractivity contribution in [1.82, 2.24) is 14.3 Å². The second-order valence-electron chi connectivity index (χ2n) is 4.37. The third-order valence-corrected chi connectivity index (χ3v) is 3.80. The van der Waals surface area contributed by atoms with Crippen molar-refractivity contribution in [1.29, 1.82) is 5.41 Å². The Morgan fingerprint density at radius 3 is 3.33 bits per heavy atom. The number of nitrogens with one attached hydrogen (secondary N) is 1. The molecule has 3 heterocycles. The summed E-state index contributed by atoms with van der Waals surface area (Å²) in [6, 6.07) is 0. The molecule has 0 saturated carbocycles. The first-order valence-electron chi connectivity index (χ1n) is 5.81. The zero-order valence-corrected chi connectivity index (χ0v) is 10.7. The number of rotatable bonds is 3. The summed E-state index contributed by atoms with van der Waals surface area (Å²) in [6.07, 6.45) is 3.78. The van der Waals surface area contributed by atoms with Gasteiger partial charge in [-0.05, 0) is 0 Å². The highest BCUT2D eigenvalue weighted by Crippen LogP contribution is 2.14. The van der Waals surface area contributed by atoms with Gasteiger partial charge >= 0.3 is 0 Å². The summed E-state index contributed by atoms with van der Waals surface area (Å²) in [5.41, 5.74) is 6.53. The predicted octanol–water partition coefficient (Wildman–Crippen LogP) is 0.533. The van der Waals surface area contributed by atoms with E-state index in [9.17, 15) is 0 Å². The molecular formula is C11H15N5OS. The van der Waals surface area contributed by atoms with Crippen LogP contribution in [0.1, 0.15) is 5.69 Å². The molecule has 3 N–H and O–H groups in total. The van der Waals surface area contributed by atoms with E-state index in [1.165, 1.54) is 0 Å². The van der Waals surface area contributed by atoms with Crippen molar-refractivity contribution in [2.45, 2.75) is 12.6 Å². The zero-order chi connectivity index (χ0) is 12.5. The van der Waals surface area contributed by atoms with E-state index in [1.807, 2.05) is 22.2 Å². The largest absolute Gasteiger partial charge is 0.385 e. The molecule has 1 unspecified atom stereocenters. The fourth-order valence-electron chi connectivity index (χ4n) is 2.12. The Morgan fingerprint density at radius 1 is 1.67 bits per heavy atom. The number of morpholine rings is 1. The number of aromatic nitrogens is 2. The van der Waals surface area contributed by atoms with Gasteiger partial charge in [-0.2, -0.15) is 0 Å². The summed E-state index contributed by atoms with van der Waals surface area (Å²) in [6.45, 7) is 2.92. The highest BCUT2D eigenvalue weighted by molar-refractivity contribution is 7.15. The molecule has 6 nitrogen and oxygen atoms in total. The number of hydrogen-bond donors (Lipinski definition) is 2. The van der Waals surface area contributed by atoms with Gasteiger partial charge in [-0.1, -0.05) is 0 Å². The van der Waals surface area contributed by atoms with E-state index in [1.54, 1.807) is 11.3 Å². The van der Waals surface area contributed by atoms with Crippen molar-refractivity contribution in [3.63, 3.8) is 0 Å². The van der Waals surface area contributed by atoms with Crippen LogP contribution in [0.2, 0.25) is 0 Å². The summed E-state index contributed by atoms with van der Waals surface area (Å²) in [7, 11) is 0. The van der Waals surface area contributed by atoms with Crippen molar-refractivity contribution in [2.24, 2.45) is 5.73 Å². The molecule has 0 bridgehead atoms. The normalized spacial score (nSPS) is 21.4. The highest BCUT2D eigenvalue weighted by Gasteiger charge is 2.23. The first-order chi connectivity index (χ1) is 8.72. The Kier molecular flexibility index (Phi) is 3.02. The minimum Gasteiger partial charge on any atom is -0.385 e. The van der Waals surface area contributed by atoms with Gasteiger partial charge in [-0.15, -0.1) is 11.3 Å². The first kappa shape index (κ1) is 11.6. The van der Waals surface area contributed by atoms with Crippen LogP contribution in [0.5, 0.6) is 0 Å². The van der Waals surface area contributed by atoms with Crippen molar-refractivity contribution >= 4 is 22.1 Å². The number of fused-ring (bicyclic) bond motifs is 1. The lowest BCUT2D eigenvalue weighted by Gasteiger charge is -2.31. The van der Waals surface area contributed by atoms with Crippen LogP contribution in [0.15, 0.2) is 17.8 Å². The number of amidine groups is 1. The van der Waals surface area contributed by atoms with Gasteiger partial charge in [-0.25, -0.2) is 4.98 Å². The van der Waals surface area contributed by atoms with Crippen molar-refractivity contribution in [2.75, 3.05) is 19.7 Å². The lowest BCUT2D eigenvalue weighted by molar-refractivity contribution is 0.00197. The summed E-state index contributed by atoms with van der Waals surface area (Å²) in [4.78, 5) is 7.79. The summed E-state index contributed by atoms with van der Waals surface area (Å²) < 4.78 is 7.47. The van der Waals surface area contributed by atoms with Gasteiger partial charge in [0.25, 0.3) is 0 Å². The van der Waals surface area contributed by atoms with Crippen LogP contribution in [-0.4, -0.2) is 45.9 Å². The highest BCUT2D eigenvalue weighted by atomic mass is 32.1. The zero-order valence-electron chi connectivity index (χ0n) is 9.87. The van der Waals surface area contributed by atoms with Gasteiger partial charge in [0, 0.05) is 37.4 Å². The van der Waals surface area contributed by atoms with Crippen LogP contribution in [0.25, 0.3) is 4.96 Å². The SMILES string of the molecule is N=C(N)C1CN(Cc2cn3ccsc3n2)CCO1. The third kappa shape index (κ3) is 2.24. The number of thiazole rings is 1. The molecule has 2 aromatic rings. The number of ether oxygens (including phenoxy) is 1. The van der Waals surface area contributed by atoms with E-state index in [2.05, 4.69) is 9.88 Å². The van der Waals surface area contributed by atoms with E-state index in [0.717, 1.165) is 23.7 Å². The van der Waals surface area contributed by atoms with E-state index in [4.69, 9.17) is 15.9 Å². The Morgan fingerprint density at radius 2 is 2.56 bits per heavy atom. The van der Waals surface area contributed by atoms with Crippen molar-refractivity contribution < 1.29 is 4.74 Å². The minimum absolute atomic E-state index is 0.102. The molecule has 7 heteroatoms. The molecule has 1 aliphatic rings. The van der Waals surface area contributed by atoms with E-state index >= 15 is 0 Å². The molecule has 0 aliphatic carbocycles. The molecule has 0 radical (unpaired) electrons. The van der Waals surface area contributed by atoms with Crippen LogP contribution < -0.4 is 5.73 Å². The summed E-state index contributed by atoms with van der Waals surface area (Å²) in [5.74, 6) is 0.102. The molecule has 1 aliphatic heterocycles. The second kappa shape index (κ2) is 4.68. The van der Waals surface area contributed by atoms with Crippen LogP contribution in [0, 0.1) is 5.41 Å². The second-order valence-corrected chi connectivity index (χ2v) is 5.25. The first-order valence-corrected chi connectivity index (χ1v) is 6.69. The average Bonchev–Trinajstić information content (AvgIpc) is 2.90. The fraction of sp³-hybridized carbons (Fsp3) is 0.455.